The van der Waals surface area contributed by atoms with Crippen LogP contribution in [0.3, 0.4) is 0 Å². The number of aromatic nitrogens is 2. The third-order valence-electron chi connectivity index (χ3n) is 5.09. The Bertz CT molecular complexity index is 724. The predicted octanol–water partition coefficient (Wildman–Crippen LogP) is 6.82. The second-order valence-electron chi connectivity index (χ2n) is 14.0. The van der Waals surface area contributed by atoms with Crippen LogP contribution in [0.1, 0.15) is 126 Å². The molecule has 1 radical (unpaired) electrons. The third-order valence-corrected chi connectivity index (χ3v) is 5.09. The maximum absolute atomic E-state index is 8.92. The van der Waals surface area contributed by atoms with Gasteiger partial charge >= 0.3 is 21.7 Å². The molecule has 0 fully saturated rings. The Labute approximate surface area is 232 Å². The molecular formula is C30H53N2O2Ti. The van der Waals surface area contributed by atoms with E-state index < -0.39 is 11.7 Å². The smallest absolute Gasteiger partial charge is 0.664 e. The molecule has 0 bridgehead atoms. The van der Waals surface area contributed by atoms with Gasteiger partial charge in [0.05, 0.1) is 6.10 Å². The summed E-state index contributed by atoms with van der Waals surface area (Å²) in [4.78, 5) is 9.31. The number of hydrogen-bond acceptors (Lipinski definition) is 2. The second kappa shape index (κ2) is 13.1. The average molecular weight is 522 g/mol. The summed E-state index contributed by atoms with van der Waals surface area (Å²) < 4.78 is 0. The van der Waals surface area contributed by atoms with Crippen LogP contribution in [0.2, 0.25) is 0 Å². The van der Waals surface area contributed by atoms with Crippen molar-refractivity contribution in [2.75, 3.05) is 0 Å². The number of aliphatic hydroxyl groups is 2. The van der Waals surface area contributed by atoms with Crippen molar-refractivity contribution in [1.82, 2.24) is 9.97 Å². The van der Waals surface area contributed by atoms with Crippen molar-refractivity contribution in [3.05, 3.63) is 54.0 Å². The SMILES string of the molecule is CC(C)(C)c1ccc(C(C)(C)C)[n-]1.CC(C)(C)c1ccc(C(C)(C)C)[n-]1.[CH2-]C(C)(O)CC(C)O.[Ti+3]. The summed E-state index contributed by atoms with van der Waals surface area (Å²) >= 11 is 0. The van der Waals surface area contributed by atoms with Gasteiger partial charge in [-0.25, -0.2) is 0 Å². The van der Waals surface area contributed by atoms with Crippen molar-refractivity contribution < 1.29 is 31.9 Å². The van der Waals surface area contributed by atoms with Gasteiger partial charge in [0.1, 0.15) is 0 Å². The van der Waals surface area contributed by atoms with E-state index in [0.29, 0.717) is 6.42 Å². The normalized spacial score (nSPS) is 15.0. The molecule has 0 aliphatic heterocycles. The van der Waals surface area contributed by atoms with Crippen LogP contribution in [-0.2, 0) is 43.4 Å². The molecule has 0 aliphatic carbocycles. The quantitative estimate of drug-likeness (QED) is 0.336. The fourth-order valence-corrected chi connectivity index (χ4v) is 3.03. The van der Waals surface area contributed by atoms with Crippen molar-refractivity contribution in [1.29, 1.82) is 0 Å². The van der Waals surface area contributed by atoms with E-state index in [9.17, 15) is 0 Å². The van der Waals surface area contributed by atoms with Crippen molar-refractivity contribution >= 4 is 0 Å². The molecule has 2 aromatic heterocycles. The van der Waals surface area contributed by atoms with Crippen LogP contribution in [0.25, 0.3) is 0 Å². The number of aliphatic hydroxyl groups excluding tert-OH is 1. The Hall–Kier alpha value is -0.806. The van der Waals surface area contributed by atoms with Crippen LogP contribution < -0.4 is 9.97 Å². The van der Waals surface area contributed by atoms with E-state index in [4.69, 9.17) is 10.2 Å². The average Bonchev–Trinajstić information content (AvgIpc) is 3.22. The first-order valence-electron chi connectivity index (χ1n) is 12.4. The van der Waals surface area contributed by atoms with Gasteiger partial charge < -0.3 is 27.1 Å². The first-order valence-corrected chi connectivity index (χ1v) is 12.4. The van der Waals surface area contributed by atoms with Crippen LogP contribution in [-0.4, -0.2) is 21.9 Å². The fourth-order valence-electron chi connectivity index (χ4n) is 3.03. The zero-order chi connectivity index (χ0) is 27.3. The molecule has 0 spiro atoms. The van der Waals surface area contributed by atoms with Crippen molar-refractivity contribution in [2.45, 2.75) is 137 Å². The van der Waals surface area contributed by atoms with Crippen molar-refractivity contribution in [3.8, 4) is 0 Å². The van der Waals surface area contributed by atoms with Crippen LogP contribution in [0.5, 0.6) is 0 Å². The van der Waals surface area contributed by atoms with Gasteiger partial charge in [-0.15, -0.1) is 0 Å². The Morgan fingerprint density at radius 3 is 0.886 bits per heavy atom. The van der Waals surface area contributed by atoms with Crippen molar-refractivity contribution in [3.63, 3.8) is 0 Å². The van der Waals surface area contributed by atoms with E-state index in [-0.39, 0.29) is 43.4 Å². The minimum Gasteiger partial charge on any atom is -0.664 e. The summed E-state index contributed by atoms with van der Waals surface area (Å²) in [5.74, 6) is 0. The molecule has 0 amide bonds. The first-order chi connectivity index (χ1) is 14.8. The van der Waals surface area contributed by atoms with Crippen LogP contribution in [0, 0.1) is 6.92 Å². The number of nitrogens with zero attached hydrogens (tertiary/aromatic N) is 2. The summed E-state index contributed by atoms with van der Waals surface area (Å²) in [6, 6.07) is 8.56. The first kappa shape index (κ1) is 36.4. The molecule has 2 atom stereocenters. The minimum absolute atomic E-state index is 0. The van der Waals surface area contributed by atoms with Crippen LogP contribution in [0.15, 0.2) is 24.3 Å². The van der Waals surface area contributed by atoms with Gasteiger partial charge in [0.15, 0.2) is 0 Å². The van der Waals surface area contributed by atoms with E-state index in [1.165, 1.54) is 22.8 Å². The molecule has 0 aromatic carbocycles. The molecule has 35 heavy (non-hydrogen) atoms. The Balaban J connectivity index is 0. The molecule has 0 saturated carbocycles. The van der Waals surface area contributed by atoms with Gasteiger partial charge in [-0.3, -0.25) is 0 Å². The zero-order valence-corrected chi connectivity index (χ0v) is 26.7. The third kappa shape index (κ3) is 15.1. The number of rotatable bonds is 2. The predicted molar refractivity (Wildman–Crippen MR) is 147 cm³/mol. The molecule has 0 aliphatic rings. The molecule has 5 heteroatoms. The molecule has 2 N–H and O–H groups in total. The molecule has 199 valence electrons. The topological polar surface area (TPSA) is 68.7 Å². The largest absolute Gasteiger partial charge is 3.00 e. The van der Waals surface area contributed by atoms with E-state index in [1.54, 1.807) is 13.8 Å². The Morgan fingerprint density at radius 2 is 0.829 bits per heavy atom. The standard InChI is InChI=1S/2C12H20N.C6H13O2.Ti/c2*1-11(2,3)9-7-8-10(13-9)12(4,5)6;1-5(7)4-6(2,3)8;/h2*7-8H,1-6H3;5,7-8H,2,4H2,1,3H3;/q3*-1;+3. The van der Waals surface area contributed by atoms with E-state index >= 15 is 0 Å². The van der Waals surface area contributed by atoms with E-state index in [0.717, 1.165) is 0 Å². The van der Waals surface area contributed by atoms with Gasteiger partial charge in [0.2, 0.25) is 0 Å². The maximum atomic E-state index is 8.92. The molecule has 2 unspecified atom stereocenters. The van der Waals surface area contributed by atoms with Crippen molar-refractivity contribution in [2.24, 2.45) is 0 Å². The second-order valence-corrected chi connectivity index (χ2v) is 14.0. The summed E-state index contributed by atoms with van der Waals surface area (Å²) in [6.07, 6.45) is -0.144. The van der Waals surface area contributed by atoms with E-state index in [1.807, 2.05) is 0 Å². The van der Waals surface area contributed by atoms with Crippen LogP contribution in [0.4, 0.5) is 0 Å². The molecular weight excluding hydrogens is 468 g/mol. The van der Waals surface area contributed by atoms with Gasteiger partial charge in [0.25, 0.3) is 0 Å². The van der Waals surface area contributed by atoms with Crippen LogP contribution >= 0.6 is 0 Å². The molecule has 0 saturated heterocycles. The zero-order valence-electron chi connectivity index (χ0n) is 25.1. The Morgan fingerprint density at radius 1 is 0.629 bits per heavy atom. The monoisotopic (exact) mass is 521 g/mol. The Kier molecular flexibility index (Phi) is 13.6. The van der Waals surface area contributed by atoms with Gasteiger partial charge in [0, 0.05) is 0 Å². The van der Waals surface area contributed by atoms with Gasteiger partial charge in [-0.05, 0) is 35.0 Å². The maximum Gasteiger partial charge on any atom is 3.00 e. The summed E-state index contributed by atoms with van der Waals surface area (Å²) in [6.45, 7) is 33.0. The minimum atomic E-state index is -0.978. The van der Waals surface area contributed by atoms with Gasteiger partial charge in [-0.1, -0.05) is 120 Å². The molecule has 2 heterocycles. The fraction of sp³-hybridized carbons (Fsp3) is 0.700. The molecule has 2 rings (SSSR count). The molecule has 4 nitrogen and oxygen atoms in total. The van der Waals surface area contributed by atoms with Gasteiger partial charge in [-0.2, -0.15) is 22.8 Å². The summed E-state index contributed by atoms with van der Waals surface area (Å²) in [7, 11) is 0. The number of hydrogen-bond donors (Lipinski definition) is 2. The molecule has 2 aromatic rings. The summed E-state index contributed by atoms with van der Waals surface area (Å²) in [5.41, 5.74) is 4.47. The summed E-state index contributed by atoms with van der Waals surface area (Å²) in [5, 5.41) is 17.6. The van der Waals surface area contributed by atoms with E-state index in [2.05, 4.69) is 124 Å².